The summed E-state index contributed by atoms with van der Waals surface area (Å²) in [7, 11) is 0. The molecule has 2 unspecified atom stereocenters. The first kappa shape index (κ1) is 24.1. The monoisotopic (exact) mass is 482 g/mol. The van der Waals surface area contributed by atoms with E-state index < -0.39 is 0 Å². The molecule has 1 fully saturated rings. The van der Waals surface area contributed by atoms with Crippen LogP contribution in [0.15, 0.2) is 79.1 Å². The third kappa shape index (κ3) is 5.44. The van der Waals surface area contributed by atoms with Gasteiger partial charge in [-0.2, -0.15) is 0 Å². The molecule has 3 aromatic rings. The molecule has 1 aliphatic carbocycles. The van der Waals surface area contributed by atoms with Crippen LogP contribution in [-0.2, 0) is 11.2 Å². The van der Waals surface area contributed by atoms with E-state index in [9.17, 15) is 9.90 Å². The van der Waals surface area contributed by atoms with Gasteiger partial charge < -0.3 is 20.6 Å². The molecule has 1 saturated heterocycles. The Morgan fingerprint density at radius 1 is 1.06 bits per heavy atom. The van der Waals surface area contributed by atoms with Crippen molar-refractivity contribution >= 4 is 28.5 Å². The minimum absolute atomic E-state index is 0.0960. The number of allylic oxidation sites excluding steroid dienone is 1. The lowest BCUT2D eigenvalue weighted by molar-refractivity contribution is -0.135. The van der Waals surface area contributed by atoms with Crippen molar-refractivity contribution in [1.29, 1.82) is 0 Å². The smallest absolute Gasteiger partial charge is 0.245 e. The van der Waals surface area contributed by atoms with E-state index >= 15 is 0 Å². The zero-order valence-corrected chi connectivity index (χ0v) is 20.8. The number of carbonyl (C=O) groups excluding carboxylic acids is 1. The fraction of sp³-hybridized carbons (Fsp3) is 0.333. The van der Waals surface area contributed by atoms with Gasteiger partial charge in [0, 0.05) is 54.4 Å². The van der Waals surface area contributed by atoms with Crippen LogP contribution in [0.5, 0.6) is 0 Å². The topological polar surface area (TPSA) is 77.5 Å². The highest BCUT2D eigenvalue weighted by molar-refractivity contribution is 5.88. The molecule has 6 heteroatoms. The van der Waals surface area contributed by atoms with Gasteiger partial charge >= 0.3 is 0 Å². The van der Waals surface area contributed by atoms with E-state index in [1.54, 1.807) is 12.4 Å². The molecule has 1 amide bonds. The quantitative estimate of drug-likeness (QED) is 0.408. The Hall–Kier alpha value is -3.64. The number of fused-ring (bicyclic) bond motifs is 1. The van der Waals surface area contributed by atoms with E-state index in [1.807, 2.05) is 41.3 Å². The van der Waals surface area contributed by atoms with Crippen LogP contribution in [-0.4, -0.2) is 46.6 Å². The molecule has 0 bridgehead atoms. The van der Waals surface area contributed by atoms with E-state index in [4.69, 9.17) is 0 Å². The summed E-state index contributed by atoms with van der Waals surface area (Å²) in [6, 6.07) is 19.9. The molecule has 0 radical (unpaired) electrons. The van der Waals surface area contributed by atoms with Gasteiger partial charge in [0.2, 0.25) is 5.91 Å². The van der Waals surface area contributed by atoms with Gasteiger partial charge in [0.25, 0.3) is 0 Å². The van der Waals surface area contributed by atoms with E-state index in [1.165, 1.54) is 16.7 Å². The lowest BCUT2D eigenvalue weighted by Crippen LogP contribution is -2.51. The van der Waals surface area contributed by atoms with Crippen LogP contribution in [0.3, 0.4) is 0 Å². The second-order valence-corrected chi connectivity index (χ2v) is 10.3. The Kier molecular flexibility index (Phi) is 7.05. The average Bonchev–Trinajstić information content (AvgIpc) is 3.32. The number of hydrogen-bond acceptors (Lipinski definition) is 5. The number of benzene rings is 2. The van der Waals surface area contributed by atoms with Crippen molar-refractivity contribution in [3.05, 3.63) is 90.3 Å². The van der Waals surface area contributed by atoms with Crippen molar-refractivity contribution < 1.29 is 9.90 Å². The number of aromatic nitrogens is 1. The Morgan fingerprint density at radius 3 is 2.56 bits per heavy atom. The van der Waals surface area contributed by atoms with Crippen LogP contribution in [0.4, 0.5) is 17.1 Å². The molecule has 1 aliphatic heterocycles. The van der Waals surface area contributed by atoms with Crippen LogP contribution in [0.2, 0.25) is 0 Å². The molecule has 36 heavy (non-hydrogen) atoms. The highest BCUT2D eigenvalue weighted by Gasteiger charge is 2.35. The predicted molar refractivity (Wildman–Crippen MR) is 145 cm³/mol. The van der Waals surface area contributed by atoms with Gasteiger partial charge in [0.05, 0.1) is 6.61 Å². The predicted octanol–water partition coefficient (Wildman–Crippen LogP) is 5.26. The van der Waals surface area contributed by atoms with Gasteiger partial charge in [-0.05, 0) is 72.4 Å². The van der Waals surface area contributed by atoms with Crippen molar-refractivity contribution in [3.63, 3.8) is 0 Å². The first-order chi connectivity index (χ1) is 17.5. The lowest BCUT2D eigenvalue weighted by atomic mass is 9.82. The fourth-order valence-electron chi connectivity index (χ4n) is 5.27. The van der Waals surface area contributed by atoms with Gasteiger partial charge in [-0.1, -0.05) is 37.3 Å². The minimum atomic E-state index is -0.387. The number of rotatable bonds is 8. The van der Waals surface area contributed by atoms with Gasteiger partial charge in [-0.15, -0.1) is 0 Å². The maximum atomic E-state index is 13.9. The number of amides is 1. The van der Waals surface area contributed by atoms with Crippen molar-refractivity contribution in [2.75, 3.05) is 30.3 Å². The number of piperidine rings is 1. The van der Waals surface area contributed by atoms with Gasteiger partial charge in [0.15, 0.2) is 0 Å². The van der Waals surface area contributed by atoms with Crippen molar-refractivity contribution in [2.24, 2.45) is 5.41 Å². The van der Waals surface area contributed by atoms with Crippen LogP contribution >= 0.6 is 0 Å². The van der Waals surface area contributed by atoms with Crippen molar-refractivity contribution in [1.82, 2.24) is 9.88 Å². The molecule has 0 saturated carbocycles. The number of likely N-dealkylation sites (tertiary alicyclic amines) is 1. The van der Waals surface area contributed by atoms with Crippen molar-refractivity contribution in [3.8, 4) is 0 Å². The number of hydrogen-bond donors (Lipinski definition) is 3. The molecule has 0 spiro atoms. The molecule has 2 aliphatic rings. The molecule has 1 aromatic heterocycles. The Morgan fingerprint density at radius 2 is 1.78 bits per heavy atom. The highest BCUT2D eigenvalue weighted by Crippen LogP contribution is 2.33. The number of pyridine rings is 1. The first-order valence-electron chi connectivity index (χ1n) is 12.7. The number of anilines is 3. The van der Waals surface area contributed by atoms with Crippen LogP contribution < -0.4 is 10.6 Å². The Labute approximate surface area is 213 Å². The molecular formula is C30H34N4O2. The summed E-state index contributed by atoms with van der Waals surface area (Å²) in [5.74, 6) is 0.0960. The summed E-state index contributed by atoms with van der Waals surface area (Å²) in [6.07, 6.45) is 9.15. The summed E-state index contributed by atoms with van der Waals surface area (Å²) < 4.78 is 0. The number of aliphatic hydroxyl groups is 1. The molecule has 6 nitrogen and oxygen atoms in total. The van der Waals surface area contributed by atoms with E-state index in [2.05, 4.69) is 52.9 Å². The van der Waals surface area contributed by atoms with Crippen LogP contribution in [0.25, 0.3) is 5.57 Å². The maximum Gasteiger partial charge on any atom is 0.245 e. The van der Waals surface area contributed by atoms with Crippen LogP contribution in [0.1, 0.15) is 37.3 Å². The molecule has 5 rings (SSSR count). The molecule has 3 N–H and O–H groups in total. The van der Waals surface area contributed by atoms with E-state index in [0.717, 1.165) is 42.9 Å². The maximum absolute atomic E-state index is 13.9. The number of nitrogens with one attached hydrogen (secondary N) is 2. The standard InChI is InChI=1S/C30H34N4O2/c1-30(21-35)15-4-18-34(20-30)29(36)28(19-23-8-7-22-5-2-3-6-27(22)23)33-25-11-9-24(10-12-25)32-26-13-16-31-17-14-26/h2-3,5-6,8-14,16-17,28,33,35H,4,7,15,18-21H2,1H3,(H,31,32). The summed E-state index contributed by atoms with van der Waals surface area (Å²) in [5, 5.41) is 16.8. The molecular weight excluding hydrogens is 448 g/mol. The zero-order valence-electron chi connectivity index (χ0n) is 20.8. The lowest BCUT2D eigenvalue weighted by Gasteiger charge is -2.41. The Bertz CT molecular complexity index is 1230. The summed E-state index contributed by atoms with van der Waals surface area (Å²) in [4.78, 5) is 19.8. The van der Waals surface area contributed by atoms with E-state index in [0.29, 0.717) is 13.0 Å². The second-order valence-electron chi connectivity index (χ2n) is 10.3. The summed E-state index contributed by atoms with van der Waals surface area (Å²) in [6.45, 7) is 3.49. The summed E-state index contributed by atoms with van der Waals surface area (Å²) in [5.41, 5.74) is 6.39. The van der Waals surface area contributed by atoms with Gasteiger partial charge in [-0.25, -0.2) is 0 Å². The second kappa shape index (κ2) is 10.5. The normalized spacial score (nSPS) is 19.8. The zero-order chi connectivity index (χ0) is 25.0. The van der Waals surface area contributed by atoms with Crippen molar-refractivity contribution in [2.45, 2.75) is 38.6 Å². The number of nitrogens with zero attached hydrogens (tertiary/aromatic N) is 2. The molecule has 2 aromatic carbocycles. The van der Waals surface area contributed by atoms with Crippen LogP contribution in [0, 0.1) is 5.41 Å². The first-order valence-corrected chi connectivity index (χ1v) is 12.7. The Balaban J connectivity index is 1.35. The number of aliphatic hydroxyl groups excluding tert-OH is 1. The SMILES string of the molecule is CC1(CO)CCCN(C(=O)C(CC2=CCc3ccccc32)Nc2ccc(Nc3ccncc3)cc2)C1. The minimum Gasteiger partial charge on any atom is -0.396 e. The molecule has 2 heterocycles. The largest absolute Gasteiger partial charge is 0.396 e. The third-order valence-corrected chi connectivity index (χ3v) is 7.32. The third-order valence-electron chi connectivity index (χ3n) is 7.32. The molecule has 2 atom stereocenters. The average molecular weight is 483 g/mol. The highest BCUT2D eigenvalue weighted by atomic mass is 16.3. The van der Waals surface area contributed by atoms with Gasteiger partial charge in [-0.3, -0.25) is 9.78 Å². The summed E-state index contributed by atoms with van der Waals surface area (Å²) >= 11 is 0. The molecule has 186 valence electrons. The number of carbonyl (C=O) groups is 1. The van der Waals surface area contributed by atoms with Gasteiger partial charge in [0.1, 0.15) is 6.04 Å². The fourth-order valence-corrected chi connectivity index (χ4v) is 5.27. The van der Waals surface area contributed by atoms with E-state index in [-0.39, 0.29) is 24.0 Å².